The van der Waals surface area contributed by atoms with Gasteiger partial charge in [0.05, 0.1) is 44.6 Å². The van der Waals surface area contributed by atoms with Crippen LogP contribution in [0.3, 0.4) is 0 Å². The molecule has 0 amide bonds. The summed E-state index contributed by atoms with van der Waals surface area (Å²) in [5.41, 5.74) is 7.63. The predicted octanol–water partition coefficient (Wildman–Crippen LogP) is 2.93. The maximum absolute atomic E-state index is 12.2. The summed E-state index contributed by atoms with van der Waals surface area (Å²) in [7, 11) is 4.58. The largest absolute Gasteiger partial charge is 0.493 e. The number of ether oxygens (including phenoxy) is 4. The van der Waals surface area contributed by atoms with Crippen LogP contribution in [0.4, 0.5) is 5.69 Å². The van der Waals surface area contributed by atoms with Crippen LogP contribution in [0.2, 0.25) is 0 Å². The van der Waals surface area contributed by atoms with Gasteiger partial charge >= 0.3 is 5.97 Å². The number of hydrogen-bond acceptors (Lipinski definition) is 6. The van der Waals surface area contributed by atoms with E-state index in [0.29, 0.717) is 33.9 Å². The quantitative estimate of drug-likeness (QED) is 0.674. The van der Waals surface area contributed by atoms with Crippen LogP contribution < -0.4 is 19.9 Å². The van der Waals surface area contributed by atoms with Crippen molar-refractivity contribution in [2.24, 2.45) is 0 Å². The zero-order valence-corrected chi connectivity index (χ0v) is 14.0. The first-order valence-corrected chi connectivity index (χ1v) is 7.18. The molecule has 0 atom stereocenters. The number of anilines is 1. The van der Waals surface area contributed by atoms with Gasteiger partial charge in [0, 0.05) is 0 Å². The Balaban J connectivity index is 2.89. The third-order valence-electron chi connectivity index (χ3n) is 3.65. The summed E-state index contributed by atoms with van der Waals surface area (Å²) >= 11 is 0. The van der Waals surface area contributed by atoms with Gasteiger partial charge in [0.15, 0.2) is 11.5 Å². The van der Waals surface area contributed by atoms with E-state index >= 15 is 0 Å². The highest BCUT2D eigenvalue weighted by Crippen LogP contribution is 2.46. The van der Waals surface area contributed by atoms with Gasteiger partial charge in [0.1, 0.15) is 0 Å². The Kier molecular flexibility index (Phi) is 4.83. The van der Waals surface area contributed by atoms with Crippen LogP contribution in [-0.4, -0.2) is 33.9 Å². The molecule has 0 spiro atoms. The molecule has 2 N–H and O–H groups in total. The van der Waals surface area contributed by atoms with Gasteiger partial charge in [-0.1, -0.05) is 6.07 Å². The van der Waals surface area contributed by atoms with Crippen molar-refractivity contribution < 1.29 is 23.7 Å². The van der Waals surface area contributed by atoms with Gasteiger partial charge in [-0.25, -0.2) is 4.79 Å². The Bertz CT molecular complexity index is 755. The number of carbonyl (C=O) groups excluding carboxylic acids is 1. The van der Waals surface area contributed by atoms with Gasteiger partial charge in [0.2, 0.25) is 5.75 Å². The predicted molar refractivity (Wildman–Crippen MR) is 88.7 cm³/mol. The Morgan fingerprint density at radius 1 is 1.09 bits per heavy atom. The maximum atomic E-state index is 12.2. The number of rotatable bonds is 5. The van der Waals surface area contributed by atoms with Crippen LogP contribution in [0.15, 0.2) is 12.1 Å². The number of hydrogen-bond donors (Lipinski definition) is 1. The Morgan fingerprint density at radius 3 is 2.26 bits per heavy atom. The average molecular weight is 319 g/mol. The van der Waals surface area contributed by atoms with E-state index in [4.69, 9.17) is 24.7 Å². The molecule has 124 valence electrons. The number of aryl methyl sites for hydroxylation is 1. The van der Waals surface area contributed by atoms with Crippen LogP contribution in [0.25, 0.3) is 10.8 Å². The minimum atomic E-state index is -0.457. The van der Waals surface area contributed by atoms with E-state index in [1.54, 1.807) is 20.1 Å². The Labute approximate surface area is 135 Å². The number of fused-ring (bicyclic) bond motifs is 1. The fourth-order valence-electron chi connectivity index (χ4n) is 2.68. The number of methoxy groups -OCH3 is 3. The van der Waals surface area contributed by atoms with Crippen LogP contribution in [0.1, 0.15) is 22.8 Å². The van der Waals surface area contributed by atoms with E-state index < -0.39 is 5.97 Å². The van der Waals surface area contributed by atoms with Crippen molar-refractivity contribution in [3.63, 3.8) is 0 Å². The molecule has 23 heavy (non-hydrogen) atoms. The first kappa shape index (κ1) is 16.7. The first-order chi connectivity index (χ1) is 11.0. The number of carbonyl (C=O) groups is 1. The van der Waals surface area contributed by atoms with Crippen molar-refractivity contribution >= 4 is 22.4 Å². The van der Waals surface area contributed by atoms with Gasteiger partial charge in [-0.05, 0) is 30.9 Å². The average Bonchev–Trinajstić information content (AvgIpc) is 2.52. The minimum absolute atomic E-state index is 0.277. The number of esters is 1. The van der Waals surface area contributed by atoms with E-state index in [1.807, 2.05) is 13.0 Å². The molecule has 0 aliphatic carbocycles. The van der Waals surface area contributed by atoms with Crippen LogP contribution in [0.5, 0.6) is 17.2 Å². The molecule has 0 saturated heterocycles. The lowest BCUT2D eigenvalue weighted by atomic mass is 9.97. The van der Waals surface area contributed by atoms with Crippen molar-refractivity contribution in [2.45, 2.75) is 13.8 Å². The SMILES string of the molecule is CCOC(=O)c1c(C)cc2cc(OC)c(OC)c(OC)c2c1N. The number of benzene rings is 2. The van der Waals surface area contributed by atoms with E-state index in [1.165, 1.54) is 14.2 Å². The highest BCUT2D eigenvalue weighted by atomic mass is 16.5. The smallest absolute Gasteiger partial charge is 0.340 e. The van der Waals surface area contributed by atoms with Gasteiger partial charge in [-0.3, -0.25) is 0 Å². The molecule has 0 bridgehead atoms. The summed E-state index contributed by atoms with van der Waals surface area (Å²) in [6, 6.07) is 3.65. The molecule has 0 heterocycles. The van der Waals surface area contributed by atoms with E-state index in [-0.39, 0.29) is 6.61 Å². The van der Waals surface area contributed by atoms with Gasteiger partial charge in [0.25, 0.3) is 0 Å². The van der Waals surface area contributed by atoms with Crippen molar-refractivity contribution in [1.29, 1.82) is 0 Å². The molecule has 0 unspecified atom stereocenters. The monoisotopic (exact) mass is 319 g/mol. The van der Waals surface area contributed by atoms with Crippen molar-refractivity contribution in [1.82, 2.24) is 0 Å². The molecular formula is C17H21NO5. The Morgan fingerprint density at radius 2 is 1.74 bits per heavy atom. The lowest BCUT2D eigenvalue weighted by Gasteiger charge is -2.18. The maximum Gasteiger partial charge on any atom is 0.340 e. The van der Waals surface area contributed by atoms with Crippen LogP contribution >= 0.6 is 0 Å². The number of nitrogens with two attached hydrogens (primary N) is 1. The molecule has 0 aliphatic rings. The zero-order chi connectivity index (χ0) is 17.1. The molecule has 2 rings (SSSR count). The summed E-state index contributed by atoms with van der Waals surface area (Å²) < 4.78 is 21.3. The molecule has 0 aromatic heterocycles. The standard InChI is InChI=1S/C17H21NO5/c1-6-23-17(19)12-9(2)7-10-8-11(20-3)15(21-4)16(22-5)13(10)14(12)18/h7-8H,6,18H2,1-5H3. The normalized spacial score (nSPS) is 10.5. The lowest BCUT2D eigenvalue weighted by Crippen LogP contribution is -2.11. The third-order valence-corrected chi connectivity index (χ3v) is 3.65. The second-order valence-corrected chi connectivity index (χ2v) is 4.95. The molecule has 2 aromatic carbocycles. The molecule has 6 heteroatoms. The molecular weight excluding hydrogens is 298 g/mol. The summed E-state index contributed by atoms with van der Waals surface area (Å²) in [5, 5.41) is 1.39. The first-order valence-electron chi connectivity index (χ1n) is 7.18. The highest BCUT2D eigenvalue weighted by Gasteiger charge is 2.23. The van der Waals surface area contributed by atoms with Crippen LogP contribution in [0, 0.1) is 6.92 Å². The fourth-order valence-corrected chi connectivity index (χ4v) is 2.68. The second-order valence-electron chi connectivity index (χ2n) is 4.95. The summed E-state index contributed by atoms with van der Waals surface area (Å²) in [4.78, 5) is 12.2. The number of nitrogen functional groups attached to an aromatic ring is 1. The minimum Gasteiger partial charge on any atom is -0.493 e. The highest BCUT2D eigenvalue weighted by molar-refractivity contribution is 6.10. The lowest BCUT2D eigenvalue weighted by molar-refractivity contribution is 0.0527. The topological polar surface area (TPSA) is 80.0 Å². The molecule has 0 saturated carbocycles. The Hall–Kier alpha value is -2.63. The molecule has 6 nitrogen and oxygen atoms in total. The molecule has 0 radical (unpaired) electrons. The van der Waals surface area contributed by atoms with Crippen molar-refractivity contribution in [3.8, 4) is 17.2 Å². The third kappa shape index (κ3) is 2.72. The molecule has 0 fully saturated rings. The van der Waals surface area contributed by atoms with Gasteiger partial charge < -0.3 is 24.7 Å². The summed E-state index contributed by atoms with van der Waals surface area (Å²) in [5.74, 6) is 0.915. The fraction of sp³-hybridized carbons (Fsp3) is 0.353. The van der Waals surface area contributed by atoms with E-state index in [9.17, 15) is 4.79 Å². The van der Waals surface area contributed by atoms with Gasteiger partial charge in [-0.15, -0.1) is 0 Å². The van der Waals surface area contributed by atoms with E-state index in [0.717, 1.165) is 10.9 Å². The van der Waals surface area contributed by atoms with Crippen LogP contribution in [-0.2, 0) is 4.74 Å². The summed E-state index contributed by atoms with van der Waals surface area (Å²) in [6.07, 6.45) is 0. The van der Waals surface area contributed by atoms with E-state index in [2.05, 4.69) is 0 Å². The molecule has 2 aromatic rings. The van der Waals surface area contributed by atoms with Crippen molar-refractivity contribution in [3.05, 3.63) is 23.3 Å². The summed E-state index contributed by atoms with van der Waals surface area (Å²) in [6.45, 7) is 3.84. The van der Waals surface area contributed by atoms with Gasteiger partial charge in [-0.2, -0.15) is 0 Å². The van der Waals surface area contributed by atoms with Crippen molar-refractivity contribution in [2.75, 3.05) is 33.7 Å². The second kappa shape index (κ2) is 6.64. The molecule has 0 aliphatic heterocycles. The zero-order valence-electron chi connectivity index (χ0n) is 14.0.